The van der Waals surface area contributed by atoms with Crippen molar-refractivity contribution in [2.75, 3.05) is 38.1 Å². The van der Waals surface area contributed by atoms with Gasteiger partial charge in [0, 0.05) is 38.3 Å². The van der Waals surface area contributed by atoms with Crippen LogP contribution in [-0.4, -0.2) is 82.2 Å². The molecule has 1 spiro atoms. The number of thiophene rings is 1. The predicted octanol–water partition coefficient (Wildman–Crippen LogP) is 2.28. The maximum Gasteiger partial charge on any atom is 0.490 e. The first-order chi connectivity index (χ1) is 14.9. The number of carboxylic acids is 1. The van der Waals surface area contributed by atoms with Crippen molar-refractivity contribution in [3.63, 3.8) is 0 Å². The van der Waals surface area contributed by atoms with Crippen molar-refractivity contribution in [3.05, 3.63) is 40.8 Å². The second-order valence-electron chi connectivity index (χ2n) is 7.83. The number of alkyl halides is 3. The quantitative estimate of drug-likeness (QED) is 0.725. The molecule has 4 heterocycles. The number of aryl methyl sites for hydroxylation is 1. The molecule has 2 fully saturated rings. The molecule has 12 heteroatoms. The number of hydrogen-bond acceptors (Lipinski definition) is 5. The van der Waals surface area contributed by atoms with Gasteiger partial charge in [0.25, 0.3) is 5.91 Å². The van der Waals surface area contributed by atoms with E-state index in [0.717, 1.165) is 18.7 Å². The van der Waals surface area contributed by atoms with Crippen LogP contribution in [0.3, 0.4) is 0 Å². The second-order valence-corrected chi connectivity index (χ2v) is 8.61. The highest BCUT2D eigenvalue weighted by Gasteiger charge is 2.49. The monoisotopic (exact) mass is 472 g/mol. The molecule has 1 atom stereocenters. The number of hydrogen-bond donors (Lipinski definition) is 1. The summed E-state index contributed by atoms with van der Waals surface area (Å²) >= 11 is 1.60. The molecule has 2 aliphatic heterocycles. The van der Waals surface area contributed by atoms with Gasteiger partial charge in [-0.1, -0.05) is 0 Å². The van der Waals surface area contributed by atoms with Crippen LogP contribution in [0.1, 0.15) is 16.9 Å². The van der Waals surface area contributed by atoms with Crippen LogP contribution in [0.2, 0.25) is 0 Å². The van der Waals surface area contributed by atoms with Crippen molar-refractivity contribution >= 4 is 34.8 Å². The predicted molar refractivity (Wildman–Crippen MR) is 112 cm³/mol. The Morgan fingerprint density at radius 2 is 1.88 bits per heavy atom. The molecule has 2 aliphatic rings. The van der Waals surface area contributed by atoms with Gasteiger partial charge in [-0.25, -0.2) is 4.79 Å². The second kappa shape index (κ2) is 8.94. The molecular weight excluding hydrogens is 449 g/mol. The van der Waals surface area contributed by atoms with Crippen LogP contribution < -0.4 is 4.90 Å². The summed E-state index contributed by atoms with van der Waals surface area (Å²) in [7, 11) is 3.89. The summed E-state index contributed by atoms with van der Waals surface area (Å²) < 4.78 is 33.6. The van der Waals surface area contributed by atoms with E-state index in [4.69, 9.17) is 9.90 Å². The molecule has 2 aromatic rings. The zero-order valence-electron chi connectivity index (χ0n) is 17.5. The Balaban J connectivity index is 0.000000360. The Morgan fingerprint density at radius 1 is 1.19 bits per heavy atom. The molecule has 0 radical (unpaired) electrons. The molecule has 2 amide bonds. The Morgan fingerprint density at radius 3 is 2.41 bits per heavy atom. The van der Waals surface area contributed by atoms with Gasteiger partial charge < -0.3 is 19.5 Å². The van der Waals surface area contributed by atoms with E-state index in [2.05, 4.69) is 4.90 Å². The van der Waals surface area contributed by atoms with Crippen LogP contribution in [0.4, 0.5) is 18.9 Å². The smallest absolute Gasteiger partial charge is 0.475 e. The lowest BCUT2D eigenvalue weighted by Gasteiger charge is -2.46. The largest absolute Gasteiger partial charge is 0.490 e. The topological polar surface area (TPSA) is 86.1 Å². The fourth-order valence-electron chi connectivity index (χ4n) is 3.92. The third-order valence-electron chi connectivity index (χ3n) is 5.78. The van der Waals surface area contributed by atoms with E-state index in [1.165, 1.54) is 0 Å². The van der Waals surface area contributed by atoms with Crippen LogP contribution in [0.15, 0.2) is 35.2 Å². The summed E-state index contributed by atoms with van der Waals surface area (Å²) in [4.78, 5) is 40.2. The number of anilines is 1. The number of halogens is 3. The maximum atomic E-state index is 12.8. The zero-order chi connectivity index (χ0) is 23.7. The highest BCUT2D eigenvalue weighted by atomic mass is 32.1. The molecule has 8 nitrogen and oxygen atoms in total. The van der Waals surface area contributed by atoms with E-state index in [1.54, 1.807) is 11.3 Å². The van der Waals surface area contributed by atoms with E-state index in [1.807, 2.05) is 63.6 Å². The molecule has 0 saturated carbocycles. The van der Waals surface area contributed by atoms with Gasteiger partial charge in [-0.3, -0.25) is 14.5 Å². The summed E-state index contributed by atoms with van der Waals surface area (Å²) in [5.41, 5.74) is 1.51. The number of aromatic nitrogens is 1. The molecule has 1 unspecified atom stereocenters. The van der Waals surface area contributed by atoms with Gasteiger partial charge >= 0.3 is 12.1 Å². The highest BCUT2D eigenvalue weighted by Crippen LogP contribution is 2.34. The number of carboxylic acid groups (broad SMARTS) is 1. The molecule has 2 saturated heterocycles. The normalized spacial score (nSPS) is 21.6. The average molecular weight is 472 g/mol. The minimum absolute atomic E-state index is 0.0664. The van der Waals surface area contributed by atoms with Gasteiger partial charge in [-0.15, -0.1) is 0 Å². The van der Waals surface area contributed by atoms with E-state index < -0.39 is 12.1 Å². The lowest BCUT2D eigenvalue weighted by Crippen LogP contribution is -2.64. The molecule has 174 valence electrons. The van der Waals surface area contributed by atoms with Crippen molar-refractivity contribution in [2.45, 2.75) is 18.1 Å². The highest BCUT2D eigenvalue weighted by molar-refractivity contribution is 7.08. The van der Waals surface area contributed by atoms with E-state index >= 15 is 0 Å². The fraction of sp³-hybridized carbons (Fsp3) is 0.450. The summed E-state index contributed by atoms with van der Waals surface area (Å²) in [6, 6.07) is 5.74. The summed E-state index contributed by atoms with van der Waals surface area (Å²) in [5, 5.41) is 11.1. The van der Waals surface area contributed by atoms with Gasteiger partial charge in [0.15, 0.2) is 0 Å². The van der Waals surface area contributed by atoms with E-state index in [0.29, 0.717) is 25.3 Å². The van der Waals surface area contributed by atoms with Crippen LogP contribution in [-0.2, 0) is 16.6 Å². The maximum absolute atomic E-state index is 12.8. The Hall–Kier alpha value is -2.86. The molecule has 0 aliphatic carbocycles. The zero-order valence-corrected chi connectivity index (χ0v) is 18.3. The Kier molecular flexibility index (Phi) is 6.65. The molecule has 4 rings (SSSR count). The van der Waals surface area contributed by atoms with Crippen LogP contribution in [0, 0.1) is 0 Å². The number of piperazine rings is 1. The SMILES string of the molecule is CN1CC(=O)N(c2ccsc2)CC12CCN(C(=O)c1cccn1C)C2.O=C(O)C(F)(F)F. The van der Waals surface area contributed by atoms with Gasteiger partial charge in [-0.2, -0.15) is 24.5 Å². The van der Waals surface area contributed by atoms with Crippen molar-refractivity contribution in [3.8, 4) is 0 Å². The molecule has 2 aromatic heterocycles. The minimum Gasteiger partial charge on any atom is -0.475 e. The van der Waals surface area contributed by atoms with Crippen molar-refractivity contribution in [1.82, 2.24) is 14.4 Å². The number of likely N-dealkylation sites (N-methyl/N-ethyl adjacent to an activating group) is 1. The number of rotatable bonds is 2. The number of nitrogens with zero attached hydrogens (tertiary/aromatic N) is 4. The van der Waals surface area contributed by atoms with Gasteiger partial charge in [-0.05, 0) is 37.0 Å². The standard InChI is InChI=1S/C18H22N4O2S.C2HF3O2/c1-19-7-3-4-15(19)17(24)21-8-6-18(12-21)13-22(14-5-9-25-11-14)16(23)10-20(18)2;3-2(4,5)1(6)7/h3-5,7,9,11H,6,8,10,12-13H2,1-2H3;(H,6,7). The number of carbonyl (C=O) groups excluding carboxylic acids is 2. The van der Waals surface area contributed by atoms with Crippen LogP contribution in [0.25, 0.3) is 0 Å². The fourth-order valence-corrected chi connectivity index (χ4v) is 4.56. The molecule has 0 bridgehead atoms. The number of aliphatic carboxylic acids is 1. The van der Waals surface area contributed by atoms with Crippen molar-refractivity contribution < 1.29 is 32.7 Å². The van der Waals surface area contributed by atoms with Gasteiger partial charge in [0.2, 0.25) is 5.91 Å². The van der Waals surface area contributed by atoms with E-state index in [-0.39, 0.29) is 17.4 Å². The van der Waals surface area contributed by atoms with Gasteiger partial charge in [0.05, 0.1) is 17.8 Å². The van der Waals surface area contributed by atoms with E-state index in [9.17, 15) is 22.8 Å². The first-order valence-corrected chi connectivity index (χ1v) is 10.6. The van der Waals surface area contributed by atoms with Crippen molar-refractivity contribution in [1.29, 1.82) is 0 Å². The van der Waals surface area contributed by atoms with Crippen LogP contribution >= 0.6 is 11.3 Å². The summed E-state index contributed by atoms with van der Waals surface area (Å²) in [6.07, 6.45) is -2.31. The van der Waals surface area contributed by atoms with Crippen LogP contribution in [0.5, 0.6) is 0 Å². The third-order valence-corrected chi connectivity index (χ3v) is 6.45. The lowest BCUT2D eigenvalue weighted by atomic mass is 9.93. The minimum atomic E-state index is -5.08. The third kappa shape index (κ3) is 4.80. The molecule has 32 heavy (non-hydrogen) atoms. The first kappa shape index (κ1) is 23.8. The average Bonchev–Trinajstić information content (AvgIpc) is 3.46. The Bertz CT molecular complexity index is 991. The molecular formula is C20H23F3N4O4S. The van der Waals surface area contributed by atoms with Crippen molar-refractivity contribution in [2.24, 2.45) is 7.05 Å². The lowest BCUT2D eigenvalue weighted by molar-refractivity contribution is -0.192. The molecule has 1 N–H and O–H groups in total. The number of likely N-dealkylation sites (tertiary alicyclic amines) is 1. The Labute approximate surface area is 186 Å². The first-order valence-electron chi connectivity index (χ1n) is 9.69. The number of carbonyl (C=O) groups is 3. The summed E-state index contributed by atoms with van der Waals surface area (Å²) in [6.45, 7) is 2.40. The molecule has 0 aromatic carbocycles. The van der Waals surface area contributed by atoms with Gasteiger partial charge in [0.1, 0.15) is 5.69 Å². The summed E-state index contributed by atoms with van der Waals surface area (Å²) in [5.74, 6) is -2.57. The number of amides is 2.